The molecule has 1 saturated carbocycles. The van der Waals surface area contributed by atoms with Gasteiger partial charge in [0.05, 0.1) is 5.52 Å². The lowest BCUT2D eigenvalue weighted by Gasteiger charge is -2.23. The number of amides is 1. The summed E-state index contributed by atoms with van der Waals surface area (Å²) in [5, 5.41) is 1.87. The highest BCUT2D eigenvalue weighted by Gasteiger charge is 2.34. The van der Waals surface area contributed by atoms with Gasteiger partial charge in [-0.3, -0.25) is 4.79 Å². The van der Waals surface area contributed by atoms with Crippen molar-refractivity contribution in [1.29, 1.82) is 0 Å². The van der Waals surface area contributed by atoms with Gasteiger partial charge in [0.25, 0.3) is 0 Å². The molecule has 24 heavy (non-hydrogen) atoms. The maximum absolute atomic E-state index is 12.3. The van der Waals surface area contributed by atoms with Crippen LogP contribution in [-0.2, 0) is 4.79 Å². The molecule has 4 rings (SSSR count). The first-order valence-corrected chi connectivity index (χ1v) is 9.11. The zero-order chi connectivity index (χ0) is 16.7. The van der Waals surface area contributed by atoms with Crippen LogP contribution in [0.25, 0.3) is 10.9 Å². The van der Waals surface area contributed by atoms with Crippen LogP contribution in [0.2, 0.25) is 5.02 Å². The summed E-state index contributed by atoms with van der Waals surface area (Å²) >= 11 is 6.24. The standard InChI is InChI=1S/C19H22ClN3O/c1-13-16(20)7-5-14-6-8-17(21-18(13)14)22-9-2-10-23(12-11-22)19(24)15-3-4-15/h5-8,15H,2-4,9-12H2,1H3. The topological polar surface area (TPSA) is 36.4 Å². The maximum Gasteiger partial charge on any atom is 0.225 e. The normalized spacial score (nSPS) is 18.8. The van der Waals surface area contributed by atoms with Gasteiger partial charge in [-0.25, -0.2) is 4.98 Å². The molecule has 1 aromatic heterocycles. The van der Waals surface area contributed by atoms with Gasteiger partial charge in [0, 0.05) is 42.5 Å². The highest BCUT2D eigenvalue weighted by atomic mass is 35.5. The number of aryl methyl sites for hydroxylation is 1. The molecule has 4 nitrogen and oxygen atoms in total. The van der Waals surface area contributed by atoms with Crippen molar-refractivity contribution in [2.24, 2.45) is 5.92 Å². The van der Waals surface area contributed by atoms with Crippen LogP contribution in [0.3, 0.4) is 0 Å². The largest absolute Gasteiger partial charge is 0.355 e. The number of aromatic nitrogens is 1. The number of anilines is 1. The molecule has 1 aromatic carbocycles. The lowest BCUT2D eigenvalue weighted by atomic mass is 10.1. The van der Waals surface area contributed by atoms with Gasteiger partial charge in [-0.1, -0.05) is 17.7 Å². The third-order valence-corrected chi connectivity index (χ3v) is 5.50. The Balaban J connectivity index is 1.56. The Morgan fingerprint density at radius 1 is 1.12 bits per heavy atom. The molecule has 0 radical (unpaired) electrons. The SMILES string of the molecule is Cc1c(Cl)ccc2ccc(N3CCCN(C(=O)C4CC4)CC3)nc12. The molecule has 5 heteroatoms. The van der Waals surface area contributed by atoms with Crippen LogP contribution in [0.5, 0.6) is 0 Å². The van der Waals surface area contributed by atoms with E-state index in [0.717, 1.165) is 72.7 Å². The number of nitrogens with zero attached hydrogens (tertiary/aromatic N) is 3. The number of carbonyl (C=O) groups is 1. The van der Waals surface area contributed by atoms with Gasteiger partial charge in [0.15, 0.2) is 0 Å². The first-order chi connectivity index (χ1) is 11.6. The Labute approximate surface area is 147 Å². The minimum absolute atomic E-state index is 0.306. The number of rotatable bonds is 2. The molecular weight excluding hydrogens is 322 g/mol. The van der Waals surface area contributed by atoms with Crippen molar-refractivity contribution in [1.82, 2.24) is 9.88 Å². The molecule has 1 amide bonds. The third-order valence-electron chi connectivity index (χ3n) is 5.09. The first-order valence-electron chi connectivity index (χ1n) is 8.73. The lowest BCUT2D eigenvalue weighted by Crippen LogP contribution is -2.36. The molecular formula is C19H22ClN3O. The molecule has 2 aliphatic rings. The molecule has 0 atom stereocenters. The second-order valence-electron chi connectivity index (χ2n) is 6.85. The highest BCUT2D eigenvalue weighted by molar-refractivity contribution is 6.32. The smallest absolute Gasteiger partial charge is 0.225 e. The monoisotopic (exact) mass is 343 g/mol. The Morgan fingerprint density at radius 2 is 1.92 bits per heavy atom. The second-order valence-corrected chi connectivity index (χ2v) is 7.26. The van der Waals surface area contributed by atoms with Crippen molar-refractivity contribution in [2.45, 2.75) is 26.2 Å². The number of hydrogen-bond acceptors (Lipinski definition) is 3. The van der Waals surface area contributed by atoms with E-state index in [9.17, 15) is 4.79 Å². The summed E-state index contributed by atoms with van der Waals surface area (Å²) in [5.74, 6) is 1.64. The maximum atomic E-state index is 12.3. The fourth-order valence-electron chi connectivity index (χ4n) is 3.43. The number of benzene rings is 1. The summed E-state index contributed by atoms with van der Waals surface area (Å²) in [5.41, 5.74) is 1.99. The number of halogens is 1. The zero-order valence-electron chi connectivity index (χ0n) is 14.0. The second kappa shape index (κ2) is 6.25. The molecule has 0 unspecified atom stereocenters. The third kappa shape index (κ3) is 2.95. The first kappa shape index (κ1) is 15.7. The molecule has 2 aromatic rings. The average molecular weight is 344 g/mol. The Hall–Kier alpha value is -1.81. The Kier molecular flexibility index (Phi) is 4.09. The van der Waals surface area contributed by atoms with Crippen LogP contribution < -0.4 is 4.90 Å². The van der Waals surface area contributed by atoms with E-state index in [4.69, 9.17) is 16.6 Å². The van der Waals surface area contributed by atoms with Gasteiger partial charge < -0.3 is 9.80 Å². The molecule has 0 spiro atoms. The van der Waals surface area contributed by atoms with Crippen LogP contribution in [0.15, 0.2) is 24.3 Å². The van der Waals surface area contributed by atoms with Crippen molar-refractivity contribution in [3.63, 3.8) is 0 Å². The van der Waals surface area contributed by atoms with Crippen LogP contribution in [-0.4, -0.2) is 42.0 Å². The van der Waals surface area contributed by atoms with Gasteiger partial charge in [0.2, 0.25) is 5.91 Å². The van der Waals surface area contributed by atoms with Gasteiger partial charge in [0.1, 0.15) is 5.82 Å². The molecule has 1 saturated heterocycles. The van der Waals surface area contributed by atoms with E-state index in [1.807, 2.05) is 24.0 Å². The predicted octanol–water partition coefficient (Wildman–Crippen LogP) is 3.65. The summed E-state index contributed by atoms with van der Waals surface area (Å²) in [6.07, 6.45) is 3.14. The van der Waals surface area contributed by atoms with E-state index >= 15 is 0 Å². The number of fused-ring (bicyclic) bond motifs is 1. The van der Waals surface area contributed by atoms with E-state index < -0.39 is 0 Å². The number of carbonyl (C=O) groups excluding carboxylic acids is 1. The predicted molar refractivity (Wildman–Crippen MR) is 97.6 cm³/mol. The van der Waals surface area contributed by atoms with E-state index in [0.29, 0.717) is 11.8 Å². The van der Waals surface area contributed by atoms with Crippen molar-refractivity contribution in [3.8, 4) is 0 Å². The van der Waals surface area contributed by atoms with Gasteiger partial charge in [-0.05, 0) is 49.9 Å². The summed E-state index contributed by atoms with van der Waals surface area (Å²) < 4.78 is 0. The lowest BCUT2D eigenvalue weighted by molar-refractivity contribution is -0.132. The molecule has 0 N–H and O–H groups in total. The molecule has 1 aliphatic heterocycles. The van der Waals surface area contributed by atoms with Crippen LogP contribution in [0, 0.1) is 12.8 Å². The van der Waals surface area contributed by atoms with Crippen LogP contribution >= 0.6 is 11.6 Å². The number of pyridine rings is 1. The minimum Gasteiger partial charge on any atom is -0.355 e. The summed E-state index contributed by atoms with van der Waals surface area (Å²) in [6, 6.07) is 8.13. The van der Waals surface area contributed by atoms with E-state index in [-0.39, 0.29) is 0 Å². The zero-order valence-corrected chi connectivity index (χ0v) is 14.7. The van der Waals surface area contributed by atoms with E-state index in [1.165, 1.54) is 0 Å². The summed E-state index contributed by atoms with van der Waals surface area (Å²) in [7, 11) is 0. The molecule has 1 aliphatic carbocycles. The van der Waals surface area contributed by atoms with E-state index in [2.05, 4.69) is 17.0 Å². The number of hydrogen-bond donors (Lipinski definition) is 0. The minimum atomic E-state index is 0.306. The molecule has 2 heterocycles. The summed E-state index contributed by atoms with van der Waals surface area (Å²) in [6.45, 7) is 5.46. The van der Waals surface area contributed by atoms with Crippen molar-refractivity contribution >= 4 is 34.2 Å². The molecule has 0 bridgehead atoms. The Morgan fingerprint density at radius 3 is 2.71 bits per heavy atom. The fourth-order valence-corrected chi connectivity index (χ4v) is 3.58. The van der Waals surface area contributed by atoms with Crippen molar-refractivity contribution < 1.29 is 4.79 Å². The summed E-state index contributed by atoms with van der Waals surface area (Å²) in [4.78, 5) is 21.5. The van der Waals surface area contributed by atoms with Crippen molar-refractivity contribution in [2.75, 3.05) is 31.1 Å². The van der Waals surface area contributed by atoms with Crippen LogP contribution in [0.4, 0.5) is 5.82 Å². The molecule has 2 fully saturated rings. The Bertz CT molecular complexity index is 788. The average Bonchev–Trinajstić information content (AvgIpc) is 3.44. The quantitative estimate of drug-likeness (QED) is 0.835. The highest BCUT2D eigenvalue weighted by Crippen LogP contribution is 2.31. The molecule has 126 valence electrons. The van der Waals surface area contributed by atoms with Gasteiger partial charge in [-0.15, -0.1) is 0 Å². The van der Waals surface area contributed by atoms with E-state index in [1.54, 1.807) is 0 Å². The van der Waals surface area contributed by atoms with Crippen molar-refractivity contribution in [3.05, 3.63) is 34.9 Å². The van der Waals surface area contributed by atoms with Gasteiger partial charge in [-0.2, -0.15) is 0 Å². The van der Waals surface area contributed by atoms with Crippen LogP contribution in [0.1, 0.15) is 24.8 Å². The van der Waals surface area contributed by atoms with Gasteiger partial charge >= 0.3 is 0 Å². The fraction of sp³-hybridized carbons (Fsp3) is 0.474.